The average molecular weight is 951 g/mol. The van der Waals surface area contributed by atoms with E-state index >= 15 is 0 Å². The summed E-state index contributed by atoms with van der Waals surface area (Å²) in [5.41, 5.74) is 4.29. The van der Waals surface area contributed by atoms with Gasteiger partial charge in [-0.3, -0.25) is 29.0 Å². The Labute approximate surface area is 389 Å². The van der Waals surface area contributed by atoms with Crippen molar-refractivity contribution in [3.05, 3.63) is 151 Å². The molecule has 4 aliphatic rings. The average Bonchev–Trinajstić information content (AvgIpc) is 4.05. The summed E-state index contributed by atoms with van der Waals surface area (Å²) in [6.07, 6.45) is -0.889. The first-order valence-corrected chi connectivity index (χ1v) is 22.7. The molecule has 0 radical (unpaired) electrons. The van der Waals surface area contributed by atoms with Gasteiger partial charge in [-0.15, -0.1) is 0 Å². The van der Waals surface area contributed by atoms with Crippen molar-refractivity contribution in [2.45, 2.75) is 76.3 Å². The summed E-state index contributed by atoms with van der Waals surface area (Å²) in [5, 5.41) is 24.5. The van der Waals surface area contributed by atoms with Crippen LogP contribution in [0.4, 0.5) is 26.3 Å². The normalized spacial score (nSPS) is 24.4. The number of carbonyl (C=O) groups excluding carboxylic acids is 2. The number of aliphatic hydroxyl groups is 2. The number of halogens is 6. The Bertz CT molecular complexity index is 2400. The number of fused-ring (bicyclic) bond motifs is 6. The van der Waals surface area contributed by atoms with Crippen molar-refractivity contribution < 1.29 is 46.1 Å². The van der Waals surface area contributed by atoms with Crippen LogP contribution in [-0.2, 0) is 35.5 Å². The third-order valence-electron chi connectivity index (χ3n) is 13.6. The SMILES string of the molecule is C/C=C/c1ccc2n(c1=O)C[C@H]1[C@H](CO)[C@@H](C(=O)NCC(F)(F)F)N(CCc3ccccc3)[C@@H]21.C/C=C\c1ccc2n(c1=O)C[C@H]1[C@H](CO)[C@@H](C(=O)NCC(F)(F)F)N(CCc3ccccc3)[C@@H]21. The molecule has 4 N–H and O–H groups in total. The highest BCUT2D eigenvalue weighted by molar-refractivity contribution is 5.83. The number of alkyl halides is 6. The van der Waals surface area contributed by atoms with Crippen LogP contribution in [-0.4, -0.2) is 105 Å². The van der Waals surface area contributed by atoms with Crippen LogP contribution in [0.15, 0.2) is 107 Å². The van der Waals surface area contributed by atoms with Gasteiger partial charge < -0.3 is 30.0 Å². The summed E-state index contributed by atoms with van der Waals surface area (Å²) >= 11 is 0. The molecule has 2 amide bonds. The summed E-state index contributed by atoms with van der Waals surface area (Å²) in [7, 11) is 0. The molecule has 2 saturated heterocycles. The van der Waals surface area contributed by atoms with Gasteiger partial charge >= 0.3 is 12.4 Å². The van der Waals surface area contributed by atoms with Gasteiger partial charge in [-0.25, -0.2) is 0 Å². The number of nitrogens with zero attached hydrogens (tertiary/aromatic N) is 4. The highest BCUT2D eigenvalue weighted by Gasteiger charge is 2.57. The number of rotatable bonds is 14. The fraction of sp³-hybridized carbons (Fsp3) is 0.440. The van der Waals surface area contributed by atoms with E-state index in [2.05, 4.69) is 0 Å². The van der Waals surface area contributed by atoms with E-state index in [1.165, 1.54) is 0 Å². The molecule has 2 aromatic heterocycles. The lowest BCUT2D eigenvalue weighted by atomic mass is 9.88. The van der Waals surface area contributed by atoms with Crippen LogP contribution in [0, 0.1) is 23.7 Å². The Balaban J connectivity index is 0.000000201. The topological polar surface area (TPSA) is 149 Å². The zero-order chi connectivity index (χ0) is 48.9. The molecule has 4 aromatic rings. The van der Waals surface area contributed by atoms with Gasteiger partial charge in [0.25, 0.3) is 11.1 Å². The van der Waals surface area contributed by atoms with Gasteiger partial charge in [-0.05, 0) is 62.1 Å². The molecule has 6 heterocycles. The minimum atomic E-state index is -4.53. The first kappa shape index (κ1) is 50.1. The van der Waals surface area contributed by atoms with Crippen LogP contribution < -0.4 is 21.8 Å². The Morgan fingerprint density at radius 3 is 1.29 bits per heavy atom. The van der Waals surface area contributed by atoms with Crippen LogP contribution in [0.1, 0.15) is 59.6 Å². The van der Waals surface area contributed by atoms with E-state index in [1.54, 1.807) is 45.6 Å². The molecule has 0 bridgehead atoms. The first-order chi connectivity index (χ1) is 32.5. The number of hydrogen-bond acceptors (Lipinski definition) is 8. The molecular formula is C50H56F6N6O6. The Morgan fingerprint density at radius 1 is 0.603 bits per heavy atom. The molecule has 68 heavy (non-hydrogen) atoms. The Hall–Kier alpha value is -5.82. The minimum Gasteiger partial charge on any atom is -0.396 e. The number of aliphatic hydroxyl groups excluding tert-OH is 2. The predicted molar refractivity (Wildman–Crippen MR) is 244 cm³/mol. The maximum Gasteiger partial charge on any atom is 0.405 e. The Morgan fingerprint density at radius 2 is 0.971 bits per heavy atom. The van der Waals surface area contributed by atoms with E-state index < -0.39 is 61.2 Å². The molecule has 12 nitrogen and oxygen atoms in total. The van der Waals surface area contributed by atoms with Crippen molar-refractivity contribution in [2.24, 2.45) is 23.7 Å². The van der Waals surface area contributed by atoms with Gasteiger partial charge in [0.05, 0.1) is 24.2 Å². The molecule has 0 unspecified atom stereocenters. The van der Waals surface area contributed by atoms with Crippen LogP contribution in [0.5, 0.6) is 0 Å². The van der Waals surface area contributed by atoms with Crippen LogP contribution >= 0.6 is 0 Å². The molecular weight excluding hydrogens is 895 g/mol. The van der Waals surface area contributed by atoms with Crippen LogP contribution in [0.3, 0.4) is 0 Å². The second-order valence-electron chi connectivity index (χ2n) is 17.7. The van der Waals surface area contributed by atoms with Crippen molar-refractivity contribution in [3.8, 4) is 0 Å². The standard InChI is InChI=1S/2C25H28F3N3O3/c2*1-2-6-17-9-10-20-21-18(13-31(20)24(17)34)19(14-32)22(23(33)29-15-25(26,27)28)30(21)12-11-16-7-4-3-5-8-16/h2*2-10,18-19,21-22,32H,11-15H2,1H3,(H,29,33)/b6-2+;6-2-/t2*18-,19-,21+,22-/m00/s1. The second-order valence-corrected chi connectivity index (χ2v) is 17.7. The largest absolute Gasteiger partial charge is 0.405 e. The zero-order valence-corrected chi connectivity index (χ0v) is 37.7. The summed E-state index contributed by atoms with van der Waals surface area (Å²) in [6.45, 7) is 1.48. The monoisotopic (exact) mass is 950 g/mol. The van der Waals surface area contributed by atoms with Crippen molar-refractivity contribution in [1.29, 1.82) is 0 Å². The molecule has 4 aliphatic heterocycles. The van der Waals surface area contributed by atoms with Crippen molar-refractivity contribution in [2.75, 3.05) is 39.4 Å². The number of pyridine rings is 2. The summed E-state index contributed by atoms with van der Waals surface area (Å²) in [4.78, 5) is 55.8. The fourth-order valence-corrected chi connectivity index (χ4v) is 10.8. The molecule has 2 aromatic carbocycles. The summed E-state index contributed by atoms with van der Waals surface area (Å²) in [5.74, 6) is -3.24. The van der Waals surface area contributed by atoms with E-state index in [0.29, 0.717) is 50.1 Å². The molecule has 364 valence electrons. The van der Waals surface area contributed by atoms with E-state index in [-0.39, 0.29) is 48.3 Å². The lowest BCUT2D eigenvalue weighted by molar-refractivity contribution is -0.142. The predicted octanol–water partition coefficient (Wildman–Crippen LogP) is 5.53. The number of carbonyl (C=O) groups is 2. The lowest BCUT2D eigenvalue weighted by Gasteiger charge is -2.31. The number of allylic oxidation sites excluding steroid dienone is 2. The van der Waals surface area contributed by atoms with Gasteiger partial charge in [-0.1, -0.05) is 85.0 Å². The lowest BCUT2D eigenvalue weighted by Crippen LogP contribution is -2.50. The van der Waals surface area contributed by atoms with E-state index in [4.69, 9.17) is 0 Å². The quantitative estimate of drug-likeness (QED) is 0.121. The maximum atomic E-state index is 13.0. The molecule has 0 aliphatic carbocycles. The van der Waals surface area contributed by atoms with Crippen molar-refractivity contribution >= 4 is 24.0 Å². The second kappa shape index (κ2) is 21.2. The highest BCUT2D eigenvalue weighted by Crippen LogP contribution is 2.50. The first-order valence-electron chi connectivity index (χ1n) is 22.7. The van der Waals surface area contributed by atoms with Crippen molar-refractivity contribution in [3.63, 3.8) is 0 Å². The highest BCUT2D eigenvalue weighted by atomic mass is 19.4. The smallest absolute Gasteiger partial charge is 0.396 e. The number of nitrogens with one attached hydrogen (secondary N) is 2. The number of likely N-dealkylation sites (tertiary alicyclic amines) is 2. The fourth-order valence-electron chi connectivity index (χ4n) is 10.8. The van der Waals surface area contributed by atoms with E-state index in [1.807, 2.05) is 107 Å². The van der Waals surface area contributed by atoms with Crippen LogP contribution in [0.2, 0.25) is 0 Å². The number of benzene rings is 2. The third-order valence-corrected chi connectivity index (χ3v) is 13.6. The molecule has 8 rings (SSSR count). The summed E-state index contributed by atoms with van der Waals surface area (Å²) in [6, 6.07) is 23.8. The molecule has 2 fully saturated rings. The van der Waals surface area contributed by atoms with Gasteiger partial charge in [0.2, 0.25) is 11.8 Å². The van der Waals surface area contributed by atoms with Crippen molar-refractivity contribution in [1.82, 2.24) is 29.6 Å². The zero-order valence-electron chi connectivity index (χ0n) is 37.7. The molecule has 8 atom stereocenters. The van der Waals surface area contributed by atoms with Gasteiger partial charge in [0.1, 0.15) is 13.1 Å². The third kappa shape index (κ3) is 10.7. The van der Waals surface area contributed by atoms with Gasteiger partial charge in [-0.2, -0.15) is 26.3 Å². The minimum absolute atomic E-state index is 0.150. The Kier molecular flexibility index (Phi) is 15.6. The molecule has 0 saturated carbocycles. The summed E-state index contributed by atoms with van der Waals surface area (Å²) < 4.78 is 80.1. The number of amides is 2. The van der Waals surface area contributed by atoms with E-state index in [9.17, 15) is 55.7 Å². The van der Waals surface area contributed by atoms with E-state index in [0.717, 1.165) is 22.5 Å². The maximum absolute atomic E-state index is 13.0. The molecule has 0 spiro atoms. The van der Waals surface area contributed by atoms with Gasteiger partial charge in [0, 0.05) is 85.6 Å². The number of aromatic nitrogens is 2. The molecule has 18 heteroatoms. The van der Waals surface area contributed by atoms with Gasteiger partial charge in [0.15, 0.2) is 0 Å². The number of hydrogen-bond donors (Lipinski definition) is 4. The van der Waals surface area contributed by atoms with Crippen LogP contribution in [0.25, 0.3) is 12.2 Å².